The Kier molecular flexibility index (Phi) is 4.46. The summed E-state index contributed by atoms with van der Waals surface area (Å²) >= 11 is 0. The van der Waals surface area contributed by atoms with E-state index in [-0.39, 0.29) is 5.91 Å². The third-order valence-corrected chi connectivity index (χ3v) is 4.33. The summed E-state index contributed by atoms with van der Waals surface area (Å²) in [7, 11) is 0. The molecule has 1 fully saturated rings. The molecule has 0 atom stereocenters. The molecule has 1 amide bonds. The minimum atomic E-state index is 0.0382. The van der Waals surface area contributed by atoms with Crippen LogP contribution < -0.4 is 10.6 Å². The SMILES string of the molecule is CCNc1ccccc1C(=O)NCC1(CC)CCC1. The van der Waals surface area contributed by atoms with Crippen molar-refractivity contribution in [3.63, 3.8) is 0 Å². The Morgan fingerprint density at radius 3 is 2.58 bits per heavy atom. The summed E-state index contributed by atoms with van der Waals surface area (Å²) < 4.78 is 0. The first kappa shape index (κ1) is 13.9. The zero-order valence-electron chi connectivity index (χ0n) is 12.0. The molecule has 19 heavy (non-hydrogen) atoms. The number of anilines is 1. The van der Waals surface area contributed by atoms with Gasteiger partial charge in [-0.05, 0) is 43.7 Å². The molecule has 2 rings (SSSR count). The van der Waals surface area contributed by atoms with E-state index >= 15 is 0 Å². The van der Waals surface area contributed by atoms with E-state index in [1.807, 2.05) is 31.2 Å². The van der Waals surface area contributed by atoms with Gasteiger partial charge in [-0.15, -0.1) is 0 Å². The van der Waals surface area contributed by atoms with Gasteiger partial charge in [0, 0.05) is 18.8 Å². The van der Waals surface area contributed by atoms with Crippen molar-refractivity contribution >= 4 is 11.6 Å². The molecule has 1 saturated carbocycles. The van der Waals surface area contributed by atoms with Gasteiger partial charge < -0.3 is 10.6 Å². The zero-order valence-corrected chi connectivity index (χ0v) is 12.0. The monoisotopic (exact) mass is 260 g/mol. The summed E-state index contributed by atoms with van der Waals surface area (Å²) in [5.41, 5.74) is 2.03. The first-order valence-corrected chi connectivity index (χ1v) is 7.32. The van der Waals surface area contributed by atoms with E-state index in [0.717, 1.165) is 30.8 Å². The Morgan fingerprint density at radius 2 is 2.00 bits per heavy atom. The highest BCUT2D eigenvalue weighted by Gasteiger charge is 2.35. The minimum Gasteiger partial charge on any atom is -0.385 e. The summed E-state index contributed by atoms with van der Waals surface area (Å²) in [4.78, 5) is 12.3. The average Bonchev–Trinajstić information content (AvgIpc) is 2.39. The van der Waals surface area contributed by atoms with Gasteiger partial charge in [0.05, 0.1) is 5.56 Å². The van der Waals surface area contributed by atoms with Gasteiger partial charge in [-0.3, -0.25) is 4.79 Å². The number of hydrogen-bond donors (Lipinski definition) is 2. The lowest BCUT2D eigenvalue weighted by Gasteiger charge is -2.41. The second-order valence-electron chi connectivity index (χ2n) is 5.47. The molecule has 3 nitrogen and oxygen atoms in total. The second-order valence-corrected chi connectivity index (χ2v) is 5.47. The molecule has 1 aliphatic carbocycles. The second kappa shape index (κ2) is 6.09. The number of carbonyl (C=O) groups excluding carboxylic acids is 1. The van der Waals surface area contributed by atoms with Crippen molar-refractivity contribution < 1.29 is 4.79 Å². The van der Waals surface area contributed by atoms with Crippen LogP contribution in [0.2, 0.25) is 0 Å². The van der Waals surface area contributed by atoms with Gasteiger partial charge in [0.25, 0.3) is 5.91 Å². The number of rotatable bonds is 6. The standard InChI is InChI=1S/C16H24N2O/c1-3-16(10-7-11-16)12-18-15(19)13-8-5-6-9-14(13)17-4-2/h5-6,8-9,17H,3-4,7,10-12H2,1-2H3,(H,18,19). The summed E-state index contributed by atoms with van der Waals surface area (Å²) in [5, 5.41) is 6.35. The highest BCUT2D eigenvalue weighted by atomic mass is 16.1. The first-order valence-electron chi connectivity index (χ1n) is 7.32. The van der Waals surface area contributed by atoms with Crippen molar-refractivity contribution in [3.05, 3.63) is 29.8 Å². The lowest BCUT2D eigenvalue weighted by molar-refractivity contribution is 0.0851. The fourth-order valence-corrected chi connectivity index (χ4v) is 2.72. The van der Waals surface area contributed by atoms with E-state index < -0.39 is 0 Å². The minimum absolute atomic E-state index is 0.0382. The molecular formula is C16H24N2O. The van der Waals surface area contributed by atoms with E-state index in [2.05, 4.69) is 17.6 Å². The van der Waals surface area contributed by atoms with Gasteiger partial charge in [-0.1, -0.05) is 25.5 Å². The molecule has 0 aromatic heterocycles. The predicted octanol–water partition coefficient (Wildman–Crippen LogP) is 3.43. The molecule has 0 heterocycles. The van der Waals surface area contributed by atoms with Crippen LogP contribution in [-0.2, 0) is 0 Å². The van der Waals surface area contributed by atoms with E-state index in [9.17, 15) is 4.79 Å². The summed E-state index contributed by atoms with van der Waals surface area (Å²) in [6.07, 6.45) is 4.96. The molecule has 2 N–H and O–H groups in total. The first-order chi connectivity index (χ1) is 9.21. The van der Waals surface area contributed by atoms with Crippen molar-refractivity contribution in [2.45, 2.75) is 39.5 Å². The number of nitrogens with one attached hydrogen (secondary N) is 2. The number of benzene rings is 1. The van der Waals surface area contributed by atoms with Crippen LogP contribution in [-0.4, -0.2) is 19.0 Å². The Balaban J connectivity index is 1.99. The maximum atomic E-state index is 12.3. The molecule has 1 aromatic carbocycles. The normalized spacial score (nSPS) is 16.5. The van der Waals surface area contributed by atoms with Crippen molar-refractivity contribution in [1.82, 2.24) is 5.32 Å². The van der Waals surface area contributed by atoms with Crippen molar-refractivity contribution in [1.29, 1.82) is 0 Å². The van der Waals surface area contributed by atoms with Crippen LogP contribution in [0.25, 0.3) is 0 Å². The van der Waals surface area contributed by atoms with Crippen molar-refractivity contribution in [2.75, 3.05) is 18.4 Å². The highest BCUT2D eigenvalue weighted by molar-refractivity contribution is 5.99. The van der Waals surface area contributed by atoms with Gasteiger partial charge in [0.1, 0.15) is 0 Å². The molecule has 1 aromatic rings. The van der Waals surface area contributed by atoms with Gasteiger partial charge in [0.2, 0.25) is 0 Å². The quantitative estimate of drug-likeness (QED) is 0.822. The molecule has 0 saturated heterocycles. The van der Waals surface area contributed by atoms with Crippen LogP contribution in [0.4, 0.5) is 5.69 Å². The molecule has 0 unspecified atom stereocenters. The van der Waals surface area contributed by atoms with Gasteiger partial charge in [0.15, 0.2) is 0 Å². The molecule has 0 bridgehead atoms. The van der Waals surface area contributed by atoms with Crippen LogP contribution in [0.5, 0.6) is 0 Å². The van der Waals surface area contributed by atoms with Crippen molar-refractivity contribution in [3.8, 4) is 0 Å². The van der Waals surface area contributed by atoms with Crippen LogP contribution in [0, 0.1) is 5.41 Å². The Morgan fingerprint density at radius 1 is 1.26 bits per heavy atom. The maximum Gasteiger partial charge on any atom is 0.253 e. The Bertz CT molecular complexity index is 433. The fourth-order valence-electron chi connectivity index (χ4n) is 2.72. The molecule has 1 aliphatic rings. The maximum absolute atomic E-state index is 12.3. The lowest BCUT2D eigenvalue weighted by atomic mass is 9.67. The molecule has 3 heteroatoms. The molecule has 104 valence electrons. The average molecular weight is 260 g/mol. The summed E-state index contributed by atoms with van der Waals surface area (Å²) in [5.74, 6) is 0.0382. The fraction of sp³-hybridized carbons (Fsp3) is 0.562. The van der Waals surface area contributed by atoms with Crippen LogP contribution in [0.15, 0.2) is 24.3 Å². The molecule has 0 spiro atoms. The van der Waals surface area contributed by atoms with Crippen LogP contribution in [0.1, 0.15) is 49.9 Å². The predicted molar refractivity (Wildman–Crippen MR) is 79.5 cm³/mol. The van der Waals surface area contributed by atoms with Gasteiger partial charge >= 0.3 is 0 Å². The zero-order chi connectivity index (χ0) is 13.7. The largest absolute Gasteiger partial charge is 0.385 e. The van der Waals surface area contributed by atoms with Crippen LogP contribution >= 0.6 is 0 Å². The summed E-state index contributed by atoms with van der Waals surface area (Å²) in [6.45, 7) is 5.89. The van der Waals surface area contributed by atoms with Gasteiger partial charge in [-0.25, -0.2) is 0 Å². The Labute approximate surface area is 115 Å². The van der Waals surface area contributed by atoms with Crippen molar-refractivity contribution in [2.24, 2.45) is 5.41 Å². The number of para-hydroxylation sites is 1. The van der Waals surface area contributed by atoms with E-state index in [1.54, 1.807) is 0 Å². The number of amides is 1. The Hall–Kier alpha value is -1.51. The molecule has 0 radical (unpaired) electrons. The van der Waals surface area contributed by atoms with E-state index in [0.29, 0.717) is 5.41 Å². The highest BCUT2D eigenvalue weighted by Crippen LogP contribution is 2.43. The van der Waals surface area contributed by atoms with Crippen LogP contribution in [0.3, 0.4) is 0 Å². The number of carbonyl (C=O) groups is 1. The lowest BCUT2D eigenvalue weighted by Crippen LogP contribution is -2.41. The molecular weight excluding hydrogens is 236 g/mol. The van der Waals surface area contributed by atoms with E-state index in [4.69, 9.17) is 0 Å². The third kappa shape index (κ3) is 3.09. The number of hydrogen-bond acceptors (Lipinski definition) is 2. The summed E-state index contributed by atoms with van der Waals surface area (Å²) in [6, 6.07) is 7.70. The smallest absolute Gasteiger partial charge is 0.253 e. The molecule has 0 aliphatic heterocycles. The van der Waals surface area contributed by atoms with E-state index in [1.165, 1.54) is 19.3 Å². The van der Waals surface area contributed by atoms with Gasteiger partial charge in [-0.2, -0.15) is 0 Å². The third-order valence-electron chi connectivity index (χ3n) is 4.33. The topological polar surface area (TPSA) is 41.1 Å².